The Morgan fingerprint density at radius 2 is 1.87 bits per heavy atom. The Morgan fingerprint density at radius 3 is 2.74 bits per heavy atom. The summed E-state index contributed by atoms with van der Waals surface area (Å²) in [6, 6.07) is 16.8. The van der Waals surface area contributed by atoms with Gasteiger partial charge in [0.1, 0.15) is 16.9 Å². The third-order valence-corrected chi connectivity index (χ3v) is 5.40. The molecule has 3 aromatic carbocycles. The maximum atomic E-state index is 12.8. The minimum atomic E-state index is -0.429. The molecule has 31 heavy (non-hydrogen) atoms. The zero-order valence-electron chi connectivity index (χ0n) is 17.2. The van der Waals surface area contributed by atoms with Crippen molar-refractivity contribution >= 4 is 33.5 Å². The number of ether oxygens (including phenoxy) is 3. The summed E-state index contributed by atoms with van der Waals surface area (Å²) in [5.41, 5.74) is 3.06. The first-order chi connectivity index (χ1) is 15.1. The van der Waals surface area contributed by atoms with Crippen LogP contribution in [0.4, 0.5) is 5.69 Å². The number of amides is 1. The van der Waals surface area contributed by atoms with Crippen LogP contribution in [0.25, 0.3) is 21.9 Å². The number of para-hydroxylation sites is 1. The van der Waals surface area contributed by atoms with E-state index in [0.717, 1.165) is 33.4 Å². The van der Waals surface area contributed by atoms with Gasteiger partial charge in [0, 0.05) is 23.4 Å². The van der Waals surface area contributed by atoms with Crippen molar-refractivity contribution in [3.8, 4) is 17.2 Å². The van der Waals surface area contributed by atoms with Crippen LogP contribution in [-0.4, -0.2) is 25.9 Å². The monoisotopic (exact) mass is 418 g/mol. The highest BCUT2D eigenvalue weighted by Crippen LogP contribution is 2.36. The average molecular weight is 418 g/mol. The number of hydrogen-bond donors (Lipinski definition) is 2. The highest BCUT2D eigenvalue weighted by Gasteiger charge is 2.18. The third-order valence-electron chi connectivity index (χ3n) is 5.40. The number of benzene rings is 3. The second-order valence-electron chi connectivity index (χ2n) is 7.43. The first-order valence-electron chi connectivity index (χ1n) is 10.0. The number of carbonyl (C=O) groups excluding carboxylic acids is 1. The van der Waals surface area contributed by atoms with Crippen molar-refractivity contribution in [2.45, 2.75) is 19.5 Å². The smallest absolute Gasteiger partial charge is 0.241 e. The fourth-order valence-electron chi connectivity index (χ4n) is 3.67. The molecule has 1 aliphatic rings. The lowest BCUT2D eigenvalue weighted by molar-refractivity contribution is -0.117. The Bertz CT molecular complexity index is 1280. The van der Waals surface area contributed by atoms with Crippen LogP contribution in [0.2, 0.25) is 0 Å². The molecule has 0 radical (unpaired) electrons. The van der Waals surface area contributed by atoms with E-state index in [0.29, 0.717) is 23.6 Å². The third kappa shape index (κ3) is 3.64. The fourth-order valence-corrected chi connectivity index (χ4v) is 3.67. The SMILES string of the molecule is COc1cc2c(cc1NC(=O)C(C)NCc1ccc3c(c1)OCO3)oc1ccccc12. The van der Waals surface area contributed by atoms with E-state index < -0.39 is 6.04 Å². The van der Waals surface area contributed by atoms with Crippen molar-refractivity contribution in [1.29, 1.82) is 0 Å². The summed E-state index contributed by atoms with van der Waals surface area (Å²) in [6.45, 7) is 2.57. The number of methoxy groups -OCH3 is 1. The van der Waals surface area contributed by atoms with E-state index in [4.69, 9.17) is 18.6 Å². The van der Waals surface area contributed by atoms with E-state index >= 15 is 0 Å². The quantitative estimate of drug-likeness (QED) is 0.482. The molecule has 5 rings (SSSR count). The van der Waals surface area contributed by atoms with Crippen molar-refractivity contribution < 1.29 is 23.4 Å². The van der Waals surface area contributed by atoms with Crippen LogP contribution >= 0.6 is 0 Å². The molecule has 0 spiro atoms. The molecule has 0 aliphatic carbocycles. The number of nitrogens with one attached hydrogen (secondary N) is 2. The van der Waals surface area contributed by atoms with Gasteiger partial charge in [-0.3, -0.25) is 4.79 Å². The van der Waals surface area contributed by atoms with E-state index in [9.17, 15) is 4.79 Å². The Balaban J connectivity index is 1.31. The molecule has 7 heteroatoms. The van der Waals surface area contributed by atoms with Gasteiger partial charge in [-0.1, -0.05) is 24.3 Å². The van der Waals surface area contributed by atoms with Gasteiger partial charge in [-0.15, -0.1) is 0 Å². The molecule has 158 valence electrons. The van der Waals surface area contributed by atoms with Gasteiger partial charge in [0.2, 0.25) is 12.7 Å². The van der Waals surface area contributed by atoms with Gasteiger partial charge in [0.25, 0.3) is 0 Å². The Hall–Kier alpha value is -3.71. The van der Waals surface area contributed by atoms with Crippen molar-refractivity contribution in [3.63, 3.8) is 0 Å². The summed E-state index contributed by atoms with van der Waals surface area (Å²) < 4.78 is 22.2. The van der Waals surface area contributed by atoms with Crippen molar-refractivity contribution in [2.24, 2.45) is 0 Å². The molecule has 1 aromatic heterocycles. The normalized spacial score (nSPS) is 13.5. The molecule has 0 saturated heterocycles. The summed E-state index contributed by atoms with van der Waals surface area (Å²) >= 11 is 0. The van der Waals surface area contributed by atoms with Crippen LogP contribution in [0.1, 0.15) is 12.5 Å². The lowest BCUT2D eigenvalue weighted by atomic mass is 10.1. The second kappa shape index (κ2) is 7.85. The lowest BCUT2D eigenvalue weighted by Crippen LogP contribution is -2.37. The molecule has 0 fully saturated rings. The number of fused-ring (bicyclic) bond motifs is 4. The van der Waals surface area contributed by atoms with Gasteiger partial charge in [0.05, 0.1) is 18.8 Å². The lowest BCUT2D eigenvalue weighted by Gasteiger charge is -2.16. The molecule has 1 aliphatic heterocycles. The van der Waals surface area contributed by atoms with Crippen LogP contribution < -0.4 is 24.8 Å². The van der Waals surface area contributed by atoms with Gasteiger partial charge in [-0.2, -0.15) is 0 Å². The van der Waals surface area contributed by atoms with Gasteiger partial charge < -0.3 is 29.3 Å². The minimum Gasteiger partial charge on any atom is -0.495 e. The number of anilines is 1. The van der Waals surface area contributed by atoms with Crippen LogP contribution in [-0.2, 0) is 11.3 Å². The van der Waals surface area contributed by atoms with Crippen LogP contribution in [0.5, 0.6) is 17.2 Å². The molecule has 0 saturated carbocycles. The van der Waals surface area contributed by atoms with Crippen LogP contribution in [0.3, 0.4) is 0 Å². The summed E-state index contributed by atoms with van der Waals surface area (Å²) in [4.78, 5) is 12.8. The van der Waals surface area contributed by atoms with Crippen LogP contribution in [0, 0.1) is 0 Å². The summed E-state index contributed by atoms with van der Waals surface area (Å²) in [6.07, 6.45) is 0. The van der Waals surface area contributed by atoms with Gasteiger partial charge >= 0.3 is 0 Å². The predicted octanol–water partition coefficient (Wildman–Crippen LogP) is 4.44. The average Bonchev–Trinajstić information content (AvgIpc) is 3.40. The molecule has 1 atom stereocenters. The van der Waals surface area contributed by atoms with E-state index in [-0.39, 0.29) is 12.7 Å². The van der Waals surface area contributed by atoms with Gasteiger partial charge in [0.15, 0.2) is 11.5 Å². The number of carbonyl (C=O) groups is 1. The maximum Gasteiger partial charge on any atom is 0.241 e. The van der Waals surface area contributed by atoms with E-state index in [1.165, 1.54) is 0 Å². The fraction of sp³-hybridized carbons (Fsp3) is 0.208. The first kappa shape index (κ1) is 19.3. The molecule has 7 nitrogen and oxygen atoms in total. The predicted molar refractivity (Wildman–Crippen MR) is 118 cm³/mol. The Kier molecular flexibility index (Phi) is 4.88. The summed E-state index contributed by atoms with van der Waals surface area (Å²) in [5.74, 6) is 1.87. The second-order valence-corrected chi connectivity index (χ2v) is 7.43. The van der Waals surface area contributed by atoms with Crippen molar-refractivity contribution in [1.82, 2.24) is 5.32 Å². The number of hydrogen-bond acceptors (Lipinski definition) is 6. The van der Waals surface area contributed by atoms with E-state index in [1.54, 1.807) is 13.2 Å². The Labute approximate surface area is 178 Å². The van der Waals surface area contributed by atoms with E-state index in [2.05, 4.69) is 10.6 Å². The van der Waals surface area contributed by atoms with Gasteiger partial charge in [-0.25, -0.2) is 0 Å². The number of furan rings is 1. The van der Waals surface area contributed by atoms with E-state index in [1.807, 2.05) is 55.5 Å². The zero-order valence-corrected chi connectivity index (χ0v) is 17.2. The van der Waals surface area contributed by atoms with Crippen molar-refractivity contribution in [2.75, 3.05) is 19.2 Å². The highest BCUT2D eigenvalue weighted by atomic mass is 16.7. The minimum absolute atomic E-state index is 0.172. The summed E-state index contributed by atoms with van der Waals surface area (Å²) in [5, 5.41) is 8.13. The molecule has 1 unspecified atom stereocenters. The standard InChI is InChI=1S/C24H22N2O5/c1-14(25-12-15-7-8-20-23(9-15)30-13-29-20)24(27)26-18-11-21-17(10-22(18)28-2)16-5-3-4-6-19(16)31-21/h3-11,14,25H,12-13H2,1-2H3,(H,26,27). The molecule has 0 bridgehead atoms. The zero-order chi connectivity index (χ0) is 21.4. The molecular weight excluding hydrogens is 396 g/mol. The van der Waals surface area contributed by atoms with Crippen molar-refractivity contribution in [3.05, 3.63) is 60.2 Å². The maximum absolute atomic E-state index is 12.8. The topological polar surface area (TPSA) is 82.0 Å². The summed E-state index contributed by atoms with van der Waals surface area (Å²) in [7, 11) is 1.58. The number of rotatable bonds is 6. The molecule has 1 amide bonds. The largest absolute Gasteiger partial charge is 0.495 e. The highest BCUT2D eigenvalue weighted by molar-refractivity contribution is 6.08. The molecule has 2 heterocycles. The molecular formula is C24H22N2O5. The molecule has 4 aromatic rings. The molecule has 2 N–H and O–H groups in total. The first-order valence-corrected chi connectivity index (χ1v) is 10.0. The van der Waals surface area contributed by atoms with Gasteiger partial charge in [-0.05, 0) is 36.8 Å². The van der Waals surface area contributed by atoms with Crippen LogP contribution in [0.15, 0.2) is 59.0 Å². The Morgan fingerprint density at radius 1 is 1.03 bits per heavy atom.